The van der Waals surface area contributed by atoms with E-state index in [0.717, 1.165) is 28.4 Å². The number of carbonyl (C=O) groups is 1. The molecule has 0 fully saturated rings. The predicted octanol–water partition coefficient (Wildman–Crippen LogP) is 5.12. The number of carbonyl (C=O) groups excluding carboxylic acids is 1. The van der Waals surface area contributed by atoms with Crippen LogP contribution in [0.5, 0.6) is 5.75 Å². The summed E-state index contributed by atoms with van der Waals surface area (Å²) >= 11 is 0. The molecule has 0 N–H and O–H groups in total. The second-order valence-corrected chi connectivity index (χ2v) is 10.0. The van der Waals surface area contributed by atoms with E-state index in [2.05, 4.69) is 0 Å². The molecule has 0 unspecified atom stereocenters. The van der Waals surface area contributed by atoms with E-state index in [0.29, 0.717) is 29.0 Å². The van der Waals surface area contributed by atoms with Gasteiger partial charge in [-0.3, -0.25) is 4.79 Å². The average molecular weight is 458 g/mol. The summed E-state index contributed by atoms with van der Waals surface area (Å²) in [7, 11) is -2.30. The second-order valence-electron chi connectivity index (χ2n) is 8.26. The molecule has 1 atom stereocenters. The van der Waals surface area contributed by atoms with Crippen molar-refractivity contribution in [3.05, 3.63) is 101 Å². The van der Waals surface area contributed by atoms with Gasteiger partial charge in [-0.25, -0.2) is 12.4 Å². The Bertz CT molecular complexity index is 1500. The molecule has 1 aliphatic rings. The third kappa shape index (κ3) is 3.47. The number of ether oxygens (including phenoxy) is 1. The molecule has 5 nitrogen and oxygen atoms in total. The highest BCUT2D eigenvalue weighted by molar-refractivity contribution is 7.90. The summed E-state index contributed by atoms with van der Waals surface area (Å²) in [5.41, 5.74) is 4.57. The van der Waals surface area contributed by atoms with Crippen LogP contribution in [0.4, 0.5) is 0 Å². The molecule has 6 heteroatoms. The first-order valence-corrected chi connectivity index (χ1v) is 12.1. The number of rotatable bonds is 5. The number of hydrogen-bond acceptors (Lipinski definition) is 4. The van der Waals surface area contributed by atoms with Crippen LogP contribution >= 0.6 is 0 Å². The maximum atomic E-state index is 13.9. The Kier molecular flexibility index (Phi) is 5.17. The van der Waals surface area contributed by atoms with Crippen molar-refractivity contribution in [2.45, 2.75) is 24.2 Å². The molecule has 1 heterocycles. The first-order valence-electron chi connectivity index (χ1n) is 10.7. The van der Waals surface area contributed by atoms with Gasteiger partial charge in [0.15, 0.2) is 0 Å². The lowest BCUT2D eigenvalue weighted by Gasteiger charge is -2.24. The molecule has 0 radical (unpaired) electrons. The van der Waals surface area contributed by atoms with Gasteiger partial charge in [0.2, 0.25) is 0 Å². The Morgan fingerprint density at radius 3 is 2.39 bits per heavy atom. The smallest absolute Gasteiger partial charge is 0.268 e. The van der Waals surface area contributed by atoms with E-state index in [-0.39, 0.29) is 10.8 Å². The molecule has 1 aliphatic carbocycles. The van der Waals surface area contributed by atoms with E-state index in [9.17, 15) is 13.2 Å². The number of aromatic nitrogens is 1. The van der Waals surface area contributed by atoms with Crippen molar-refractivity contribution in [3.63, 3.8) is 0 Å². The summed E-state index contributed by atoms with van der Waals surface area (Å²) in [6.45, 7) is 1.92. The third-order valence-electron chi connectivity index (χ3n) is 6.28. The third-order valence-corrected chi connectivity index (χ3v) is 8.04. The minimum atomic E-state index is -3.87. The van der Waals surface area contributed by atoms with E-state index in [1.807, 2.05) is 49.4 Å². The van der Waals surface area contributed by atoms with Crippen LogP contribution in [-0.4, -0.2) is 25.8 Å². The Morgan fingerprint density at radius 1 is 1.00 bits per heavy atom. The molecule has 0 bridgehead atoms. The monoisotopic (exact) mass is 457 g/mol. The molecule has 0 aliphatic heterocycles. The van der Waals surface area contributed by atoms with Gasteiger partial charge in [0.1, 0.15) is 12.0 Å². The van der Waals surface area contributed by atoms with Crippen molar-refractivity contribution in [1.82, 2.24) is 3.97 Å². The molecular formula is C27H23NO4S. The van der Waals surface area contributed by atoms with Crippen LogP contribution in [0.25, 0.3) is 17.0 Å². The van der Waals surface area contributed by atoms with Crippen molar-refractivity contribution in [3.8, 4) is 5.75 Å². The van der Waals surface area contributed by atoms with Crippen molar-refractivity contribution in [2.24, 2.45) is 0 Å². The Balaban J connectivity index is 1.81. The fourth-order valence-electron chi connectivity index (χ4n) is 4.58. The van der Waals surface area contributed by atoms with Crippen molar-refractivity contribution < 1.29 is 17.9 Å². The highest BCUT2D eigenvalue weighted by Crippen LogP contribution is 2.42. The molecular weight excluding hydrogens is 434 g/mol. The largest absolute Gasteiger partial charge is 0.497 e. The van der Waals surface area contributed by atoms with Gasteiger partial charge in [-0.05, 0) is 48.9 Å². The van der Waals surface area contributed by atoms with Gasteiger partial charge in [-0.1, -0.05) is 48.0 Å². The van der Waals surface area contributed by atoms with Gasteiger partial charge >= 0.3 is 0 Å². The zero-order valence-corrected chi connectivity index (χ0v) is 19.2. The number of aryl methyl sites for hydroxylation is 1. The minimum Gasteiger partial charge on any atom is -0.497 e. The van der Waals surface area contributed by atoms with Gasteiger partial charge in [0, 0.05) is 34.6 Å². The highest BCUT2D eigenvalue weighted by Gasteiger charge is 2.32. The van der Waals surface area contributed by atoms with E-state index in [1.165, 1.54) is 3.97 Å². The van der Waals surface area contributed by atoms with Gasteiger partial charge in [-0.2, -0.15) is 0 Å². The molecule has 5 rings (SSSR count). The maximum Gasteiger partial charge on any atom is 0.268 e. The Hall–Kier alpha value is -3.64. The van der Waals surface area contributed by atoms with Crippen LogP contribution in [0.3, 0.4) is 0 Å². The maximum absolute atomic E-state index is 13.9. The summed E-state index contributed by atoms with van der Waals surface area (Å²) in [6.07, 6.45) is 3.09. The number of aldehydes is 1. The van der Waals surface area contributed by atoms with E-state index in [4.69, 9.17) is 4.74 Å². The van der Waals surface area contributed by atoms with E-state index in [1.54, 1.807) is 43.5 Å². The SMILES string of the molecule is COc1ccc2c(c1)c1c(n2S(=O)(=O)c2ccc(C)cc2)C[C@H](c2ccccc2)C(C=O)=C1. The normalized spacial score (nSPS) is 15.7. The molecule has 0 saturated carbocycles. The summed E-state index contributed by atoms with van der Waals surface area (Å²) in [5, 5.41) is 0.742. The first kappa shape index (κ1) is 21.2. The standard InChI is InChI=1S/C27H23NO4S/c1-18-8-11-22(12-9-18)33(30,31)28-26-13-10-21(32-2)15-25(26)24-14-20(17-29)23(16-27(24)28)19-6-4-3-5-7-19/h3-15,17,23H,16H2,1-2H3/t23-/m1/s1. The van der Waals surface area contributed by atoms with Gasteiger partial charge < -0.3 is 4.74 Å². The Labute approximate surface area is 193 Å². The van der Waals surface area contributed by atoms with Crippen LogP contribution < -0.4 is 4.74 Å². The van der Waals surface area contributed by atoms with Crippen molar-refractivity contribution in [1.29, 1.82) is 0 Å². The van der Waals surface area contributed by atoms with Crippen LogP contribution in [0.1, 0.15) is 28.3 Å². The van der Waals surface area contributed by atoms with Crippen molar-refractivity contribution in [2.75, 3.05) is 7.11 Å². The van der Waals surface area contributed by atoms with E-state index >= 15 is 0 Å². The van der Waals surface area contributed by atoms with Gasteiger partial charge in [0.25, 0.3) is 10.0 Å². The summed E-state index contributed by atoms with van der Waals surface area (Å²) in [4.78, 5) is 12.3. The number of benzene rings is 3. The fourth-order valence-corrected chi connectivity index (χ4v) is 6.15. The van der Waals surface area contributed by atoms with Gasteiger partial charge in [0.05, 0.1) is 17.5 Å². The zero-order valence-electron chi connectivity index (χ0n) is 18.4. The lowest BCUT2D eigenvalue weighted by atomic mass is 9.82. The molecule has 33 heavy (non-hydrogen) atoms. The molecule has 166 valence electrons. The molecule has 0 saturated heterocycles. The lowest BCUT2D eigenvalue weighted by Crippen LogP contribution is -2.20. The average Bonchev–Trinajstić information content (AvgIpc) is 3.17. The molecule has 0 amide bonds. The van der Waals surface area contributed by atoms with Gasteiger partial charge in [-0.15, -0.1) is 0 Å². The highest BCUT2D eigenvalue weighted by atomic mass is 32.2. The Morgan fingerprint density at radius 2 is 1.73 bits per heavy atom. The fraction of sp³-hybridized carbons (Fsp3) is 0.148. The number of allylic oxidation sites excluding steroid dienone is 1. The number of hydrogen-bond donors (Lipinski definition) is 0. The quantitative estimate of drug-likeness (QED) is 0.390. The minimum absolute atomic E-state index is 0.227. The number of methoxy groups -OCH3 is 1. The summed E-state index contributed by atoms with van der Waals surface area (Å²) in [5.74, 6) is 0.399. The summed E-state index contributed by atoms with van der Waals surface area (Å²) < 4.78 is 34.6. The van der Waals surface area contributed by atoms with Crippen LogP contribution in [-0.2, 0) is 21.2 Å². The van der Waals surface area contributed by atoms with Crippen LogP contribution in [0, 0.1) is 6.92 Å². The molecule has 3 aromatic carbocycles. The molecule has 1 aromatic heterocycles. The predicted molar refractivity (Wildman–Crippen MR) is 129 cm³/mol. The second kappa shape index (κ2) is 8.05. The molecule has 0 spiro atoms. The van der Waals surface area contributed by atoms with Crippen molar-refractivity contribution >= 4 is 33.3 Å². The number of nitrogens with zero attached hydrogens (tertiary/aromatic N) is 1. The molecule has 4 aromatic rings. The topological polar surface area (TPSA) is 65.4 Å². The first-order chi connectivity index (χ1) is 15.9. The lowest BCUT2D eigenvalue weighted by molar-refractivity contribution is -0.105. The van der Waals surface area contributed by atoms with Crippen LogP contribution in [0.2, 0.25) is 0 Å². The zero-order chi connectivity index (χ0) is 23.2. The number of fused-ring (bicyclic) bond motifs is 3. The van der Waals surface area contributed by atoms with Crippen LogP contribution in [0.15, 0.2) is 83.3 Å². The van der Waals surface area contributed by atoms with E-state index < -0.39 is 10.0 Å². The summed E-state index contributed by atoms with van der Waals surface area (Å²) in [6, 6.07) is 21.9.